The predicted octanol–water partition coefficient (Wildman–Crippen LogP) is 6.12. The van der Waals surface area contributed by atoms with E-state index in [0.717, 1.165) is 16.0 Å². The molecule has 2 aromatic carbocycles. The number of halogens is 2. The van der Waals surface area contributed by atoms with Crippen molar-refractivity contribution in [2.45, 2.75) is 33.3 Å². The van der Waals surface area contributed by atoms with Crippen LogP contribution < -0.4 is 4.90 Å². The lowest BCUT2D eigenvalue weighted by Gasteiger charge is -2.23. The van der Waals surface area contributed by atoms with E-state index in [1.807, 2.05) is 13.0 Å². The largest absolute Gasteiger partial charge is 0.443 e. The molecule has 1 aliphatic rings. The van der Waals surface area contributed by atoms with E-state index in [2.05, 4.69) is 0 Å². The molecule has 0 bridgehead atoms. The Hall–Kier alpha value is -2.30. The van der Waals surface area contributed by atoms with Gasteiger partial charge in [-0.25, -0.2) is 9.69 Å². The lowest BCUT2D eigenvalue weighted by molar-refractivity contribution is -0.112. The zero-order valence-corrected chi connectivity index (χ0v) is 17.0. The van der Waals surface area contributed by atoms with Crippen LogP contribution in [0.1, 0.15) is 37.5 Å². The number of benzene rings is 2. The first-order valence-electron chi connectivity index (χ1n) is 8.42. The molecule has 2 aromatic rings. The number of amides is 2. The predicted molar refractivity (Wildman–Crippen MR) is 109 cm³/mol. The number of rotatable bonds is 1. The molecule has 0 N–H and O–H groups in total. The Balaban J connectivity index is 2.13. The molecule has 3 rings (SSSR count). The Morgan fingerprint density at radius 2 is 1.70 bits per heavy atom. The van der Waals surface area contributed by atoms with E-state index in [0.29, 0.717) is 26.9 Å². The Kier molecular flexibility index (Phi) is 5.06. The van der Waals surface area contributed by atoms with E-state index >= 15 is 0 Å². The zero-order valence-electron chi connectivity index (χ0n) is 15.5. The highest BCUT2D eigenvalue weighted by molar-refractivity contribution is 6.42. The maximum absolute atomic E-state index is 13.1. The van der Waals surface area contributed by atoms with Crippen LogP contribution in [0.4, 0.5) is 10.5 Å². The first kappa shape index (κ1) is 19.5. The number of fused-ring (bicyclic) bond motifs is 1. The third-order valence-corrected chi connectivity index (χ3v) is 4.51. The fourth-order valence-electron chi connectivity index (χ4n) is 2.81. The maximum atomic E-state index is 13.1. The molecule has 27 heavy (non-hydrogen) atoms. The third kappa shape index (κ3) is 4.02. The van der Waals surface area contributed by atoms with Gasteiger partial charge >= 0.3 is 6.09 Å². The van der Waals surface area contributed by atoms with Crippen LogP contribution in [0.15, 0.2) is 36.4 Å². The number of hydrogen-bond donors (Lipinski definition) is 0. The summed E-state index contributed by atoms with van der Waals surface area (Å²) in [5, 5.41) is 0.994. The van der Waals surface area contributed by atoms with E-state index < -0.39 is 17.6 Å². The van der Waals surface area contributed by atoms with Crippen LogP contribution in [0.3, 0.4) is 0 Å². The number of carbonyl (C=O) groups excluding carboxylic acids is 2. The number of nitrogens with zero attached hydrogens (tertiary/aromatic N) is 1. The van der Waals surface area contributed by atoms with Crippen molar-refractivity contribution in [2.75, 3.05) is 4.90 Å². The molecule has 0 saturated carbocycles. The summed E-state index contributed by atoms with van der Waals surface area (Å²) in [6.45, 7) is 7.17. The molecule has 0 saturated heterocycles. The molecule has 0 spiro atoms. The molecule has 140 valence electrons. The van der Waals surface area contributed by atoms with E-state index in [4.69, 9.17) is 27.9 Å². The number of ether oxygens (including phenoxy) is 1. The summed E-state index contributed by atoms with van der Waals surface area (Å²) in [7, 11) is 0. The number of carbonyl (C=O) groups is 2. The first-order chi connectivity index (χ1) is 12.6. The highest BCUT2D eigenvalue weighted by Crippen LogP contribution is 2.40. The van der Waals surface area contributed by atoms with E-state index in [1.165, 1.54) is 0 Å². The minimum absolute atomic E-state index is 0.387. The molecule has 0 unspecified atom stereocenters. The molecule has 0 aliphatic carbocycles. The minimum Gasteiger partial charge on any atom is -0.443 e. The Bertz CT molecular complexity index is 974. The summed E-state index contributed by atoms with van der Waals surface area (Å²) in [5.74, 6) is -0.458. The van der Waals surface area contributed by atoms with Gasteiger partial charge in [-0.15, -0.1) is 0 Å². The van der Waals surface area contributed by atoms with Gasteiger partial charge in [0.2, 0.25) is 0 Å². The van der Waals surface area contributed by atoms with Crippen LogP contribution in [-0.4, -0.2) is 17.6 Å². The zero-order chi connectivity index (χ0) is 19.9. The van der Waals surface area contributed by atoms with Crippen LogP contribution in [0.25, 0.3) is 11.6 Å². The lowest BCUT2D eigenvalue weighted by Crippen LogP contribution is -2.38. The van der Waals surface area contributed by atoms with Crippen molar-refractivity contribution in [2.24, 2.45) is 0 Å². The number of imide groups is 1. The SMILES string of the molecule is Cc1ccc(Cl)cc1/C=C1/C(=O)N(C(=O)OC(C)(C)C)c2cc(Cl)ccc21. The average Bonchev–Trinajstić information content (AvgIpc) is 2.80. The van der Waals surface area contributed by atoms with Gasteiger partial charge in [-0.05, 0) is 69.2 Å². The van der Waals surface area contributed by atoms with Crippen molar-refractivity contribution in [3.05, 3.63) is 63.1 Å². The molecular weight excluding hydrogens is 385 g/mol. The second kappa shape index (κ2) is 7.02. The maximum Gasteiger partial charge on any atom is 0.422 e. The highest BCUT2D eigenvalue weighted by atomic mass is 35.5. The average molecular weight is 404 g/mol. The standard InChI is InChI=1S/C21H19Cl2NO3/c1-12-5-6-14(22)9-13(12)10-17-16-8-7-15(23)11-18(16)24(19(17)25)20(26)27-21(2,3)4/h5-11H,1-4H3/b17-10+. The molecule has 4 nitrogen and oxygen atoms in total. The van der Waals surface area contributed by atoms with Gasteiger partial charge in [0.25, 0.3) is 5.91 Å². The fourth-order valence-corrected chi connectivity index (χ4v) is 3.16. The van der Waals surface area contributed by atoms with Gasteiger partial charge in [-0.2, -0.15) is 0 Å². The van der Waals surface area contributed by atoms with Gasteiger partial charge in [0, 0.05) is 15.6 Å². The van der Waals surface area contributed by atoms with Crippen molar-refractivity contribution in [1.29, 1.82) is 0 Å². The summed E-state index contributed by atoms with van der Waals surface area (Å²) in [6, 6.07) is 10.4. The van der Waals surface area contributed by atoms with E-state index in [-0.39, 0.29) is 0 Å². The smallest absolute Gasteiger partial charge is 0.422 e. The number of anilines is 1. The Morgan fingerprint density at radius 1 is 1.07 bits per heavy atom. The number of hydrogen-bond acceptors (Lipinski definition) is 3. The second-order valence-electron chi connectivity index (χ2n) is 7.34. The molecule has 0 radical (unpaired) electrons. The normalized spacial score (nSPS) is 15.3. The molecule has 0 aromatic heterocycles. The monoisotopic (exact) mass is 403 g/mol. The van der Waals surface area contributed by atoms with Gasteiger partial charge in [0.1, 0.15) is 5.60 Å². The molecule has 0 fully saturated rings. The van der Waals surface area contributed by atoms with Gasteiger partial charge in [-0.3, -0.25) is 4.79 Å². The summed E-state index contributed by atoms with van der Waals surface area (Å²) in [5.41, 5.74) is 2.45. The van der Waals surface area contributed by atoms with Crippen molar-refractivity contribution in [3.8, 4) is 0 Å². The Labute approximate surface area is 168 Å². The number of aryl methyl sites for hydroxylation is 1. The van der Waals surface area contributed by atoms with Crippen LogP contribution in [0, 0.1) is 6.92 Å². The van der Waals surface area contributed by atoms with Crippen LogP contribution in [0.5, 0.6) is 0 Å². The summed E-state index contributed by atoms with van der Waals surface area (Å²) in [6.07, 6.45) is 1.00. The molecule has 0 atom stereocenters. The topological polar surface area (TPSA) is 46.6 Å². The summed E-state index contributed by atoms with van der Waals surface area (Å²) < 4.78 is 5.40. The van der Waals surface area contributed by atoms with Gasteiger partial charge < -0.3 is 4.74 Å². The van der Waals surface area contributed by atoms with Crippen LogP contribution in [0.2, 0.25) is 10.0 Å². The summed E-state index contributed by atoms with van der Waals surface area (Å²) >= 11 is 12.2. The molecule has 1 aliphatic heterocycles. The lowest BCUT2D eigenvalue weighted by atomic mass is 10.0. The van der Waals surface area contributed by atoms with Crippen molar-refractivity contribution < 1.29 is 14.3 Å². The highest BCUT2D eigenvalue weighted by Gasteiger charge is 2.39. The molecule has 2 amide bonds. The van der Waals surface area contributed by atoms with E-state index in [1.54, 1.807) is 57.2 Å². The van der Waals surface area contributed by atoms with Crippen molar-refractivity contribution in [3.63, 3.8) is 0 Å². The van der Waals surface area contributed by atoms with Crippen molar-refractivity contribution >= 4 is 52.5 Å². The van der Waals surface area contributed by atoms with Crippen LogP contribution in [-0.2, 0) is 9.53 Å². The summed E-state index contributed by atoms with van der Waals surface area (Å²) in [4.78, 5) is 26.8. The Morgan fingerprint density at radius 3 is 2.37 bits per heavy atom. The first-order valence-corrected chi connectivity index (χ1v) is 9.17. The third-order valence-electron chi connectivity index (χ3n) is 4.04. The fraction of sp³-hybridized carbons (Fsp3) is 0.238. The van der Waals surface area contributed by atoms with Gasteiger partial charge in [0.05, 0.1) is 11.3 Å². The van der Waals surface area contributed by atoms with Crippen molar-refractivity contribution in [1.82, 2.24) is 0 Å². The molecule has 1 heterocycles. The van der Waals surface area contributed by atoms with Gasteiger partial charge in [0.15, 0.2) is 0 Å². The quantitative estimate of drug-likeness (QED) is 0.538. The van der Waals surface area contributed by atoms with E-state index in [9.17, 15) is 9.59 Å². The second-order valence-corrected chi connectivity index (χ2v) is 8.21. The van der Waals surface area contributed by atoms with Gasteiger partial charge in [-0.1, -0.05) is 35.3 Å². The molecular formula is C21H19Cl2NO3. The molecule has 6 heteroatoms. The minimum atomic E-state index is -0.734. The van der Waals surface area contributed by atoms with Crippen LogP contribution >= 0.6 is 23.2 Å².